The SMILES string of the molecule is CCC(O)(Cc1ccccc1)c1cnn(C)c1. The Labute approximate surface area is 102 Å². The van der Waals surface area contributed by atoms with E-state index in [1.807, 2.05) is 50.5 Å². The van der Waals surface area contributed by atoms with Crippen molar-refractivity contribution >= 4 is 0 Å². The van der Waals surface area contributed by atoms with Gasteiger partial charge in [-0.25, -0.2) is 0 Å². The maximum absolute atomic E-state index is 10.7. The summed E-state index contributed by atoms with van der Waals surface area (Å²) in [6.07, 6.45) is 4.92. The van der Waals surface area contributed by atoms with Crippen molar-refractivity contribution < 1.29 is 5.11 Å². The summed E-state index contributed by atoms with van der Waals surface area (Å²) in [5.74, 6) is 0. The molecular formula is C14H18N2O. The average molecular weight is 230 g/mol. The highest BCUT2D eigenvalue weighted by Crippen LogP contribution is 2.28. The second-order valence-corrected chi connectivity index (χ2v) is 4.45. The van der Waals surface area contributed by atoms with E-state index in [1.165, 1.54) is 0 Å². The van der Waals surface area contributed by atoms with Gasteiger partial charge < -0.3 is 5.11 Å². The molecule has 0 radical (unpaired) electrons. The average Bonchev–Trinajstić information content (AvgIpc) is 2.78. The summed E-state index contributed by atoms with van der Waals surface area (Å²) in [6, 6.07) is 10.1. The summed E-state index contributed by atoms with van der Waals surface area (Å²) in [4.78, 5) is 0. The Morgan fingerprint density at radius 3 is 2.53 bits per heavy atom. The molecule has 1 N–H and O–H groups in total. The molecule has 2 aromatic rings. The van der Waals surface area contributed by atoms with Crippen LogP contribution >= 0.6 is 0 Å². The van der Waals surface area contributed by atoms with Crippen molar-refractivity contribution in [3.63, 3.8) is 0 Å². The Morgan fingerprint density at radius 2 is 2.00 bits per heavy atom. The quantitative estimate of drug-likeness (QED) is 0.875. The molecule has 0 fully saturated rings. The van der Waals surface area contributed by atoms with Gasteiger partial charge in [-0.15, -0.1) is 0 Å². The molecule has 17 heavy (non-hydrogen) atoms. The van der Waals surface area contributed by atoms with Crippen molar-refractivity contribution in [2.24, 2.45) is 7.05 Å². The minimum Gasteiger partial charge on any atom is -0.385 e. The van der Waals surface area contributed by atoms with Crippen molar-refractivity contribution in [1.82, 2.24) is 9.78 Å². The second-order valence-electron chi connectivity index (χ2n) is 4.45. The third-order valence-corrected chi connectivity index (χ3v) is 3.17. The minimum absolute atomic E-state index is 0.621. The monoisotopic (exact) mass is 230 g/mol. The molecule has 1 unspecified atom stereocenters. The van der Waals surface area contributed by atoms with E-state index < -0.39 is 5.60 Å². The van der Waals surface area contributed by atoms with Crippen LogP contribution in [0.15, 0.2) is 42.7 Å². The van der Waals surface area contributed by atoms with Crippen LogP contribution in [0.5, 0.6) is 0 Å². The molecule has 1 heterocycles. The van der Waals surface area contributed by atoms with Crippen LogP contribution in [0.3, 0.4) is 0 Å². The summed E-state index contributed by atoms with van der Waals surface area (Å²) in [7, 11) is 1.86. The number of benzene rings is 1. The van der Waals surface area contributed by atoms with Gasteiger partial charge in [0.05, 0.1) is 11.8 Å². The van der Waals surface area contributed by atoms with Gasteiger partial charge in [-0.1, -0.05) is 37.3 Å². The van der Waals surface area contributed by atoms with E-state index in [1.54, 1.807) is 10.9 Å². The van der Waals surface area contributed by atoms with Gasteiger partial charge in [-0.05, 0) is 12.0 Å². The zero-order valence-corrected chi connectivity index (χ0v) is 10.3. The van der Waals surface area contributed by atoms with Crippen LogP contribution in [0, 0.1) is 0 Å². The van der Waals surface area contributed by atoms with Crippen LogP contribution in [-0.2, 0) is 19.1 Å². The van der Waals surface area contributed by atoms with Crippen LogP contribution < -0.4 is 0 Å². The Bertz CT molecular complexity index is 478. The van der Waals surface area contributed by atoms with Gasteiger partial charge in [0.25, 0.3) is 0 Å². The van der Waals surface area contributed by atoms with E-state index in [0.29, 0.717) is 12.8 Å². The van der Waals surface area contributed by atoms with E-state index in [2.05, 4.69) is 5.10 Å². The first-order valence-electron chi connectivity index (χ1n) is 5.89. The molecule has 0 aliphatic rings. The minimum atomic E-state index is -0.824. The third-order valence-electron chi connectivity index (χ3n) is 3.17. The van der Waals surface area contributed by atoms with Gasteiger partial charge >= 0.3 is 0 Å². The van der Waals surface area contributed by atoms with Gasteiger partial charge in [-0.2, -0.15) is 5.10 Å². The normalized spacial score (nSPS) is 14.5. The fourth-order valence-corrected chi connectivity index (χ4v) is 2.03. The highest BCUT2D eigenvalue weighted by atomic mass is 16.3. The van der Waals surface area contributed by atoms with E-state index in [4.69, 9.17) is 0 Å². The number of nitrogens with zero attached hydrogens (tertiary/aromatic N) is 2. The van der Waals surface area contributed by atoms with Crippen molar-refractivity contribution in [3.8, 4) is 0 Å². The molecule has 1 aromatic carbocycles. The molecule has 90 valence electrons. The van der Waals surface area contributed by atoms with Crippen LogP contribution in [0.4, 0.5) is 0 Å². The lowest BCUT2D eigenvalue weighted by molar-refractivity contribution is 0.0326. The zero-order chi connectivity index (χ0) is 12.3. The number of aromatic nitrogens is 2. The molecule has 1 aromatic heterocycles. The molecule has 3 nitrogen and oxygen atoms in total. The lowest BCUT2D eigenvalue weighted by Crippen LogP contribution is -2.27. The first-order valence-corrected chi connectivity index (χ1v) is 5.89. The predicted molar refractivity (Wildman–Crippen MR) is 67.5 cm³/mol. The van der Waals surface area contributed by atoms with Crippen LogP contribution in [0.2, 0.25) is 0 Å². The number of rotatable bonds is 4. The molecule has 1 atom stereocenters. The first-order chi connectivity index (χ1) is 8.14. The Kier molecular flexibility index (Phi) is 3.29. The molecule has 0 amide bonds. The van der Waals surface area contributed by atoms with Crippen molar-refractivity contribution in [1.29, 1.82) is 0 Å². The molecule has 0 bridgehead atoms. The van der Waals surface area contributed by atoms with E-state index >= 15 is 0 Å². The molecule has 0 aliphatic heterocycles. The molecule has 0 saturated heterocycles. The molecule has 2 rings (SSSR count). The number of aliphatic hydroxyl groups is 1. The predicted octanol–water partition coefficient (Wildman–Crippen LogP) is 2.26. The summed E-state index contributed by atoms with van der Waals surface area (Å²) in [5.41, 5.74) is 1.20. The first kappa shape index (κ1) is 11.9. The molecule has 3 heteroatoms. The van der Waals surface area contributed by atoms with Crippen LogP contribution in [-0.4, -0.2) is 14.9 Å². The Balaban J connectivity index is 2.26. The van der Waals surface area contributed by atoms with Crippen LogP contribution in [0.25, 0.3) is 0 Å². The molecular weight excluding hydrogens is 212 g/mol. The summed E-state index contributed by atoms with van der Waals surface area (Å²) < 4.78 is 1.72. The van der Waals surface area contributed by atoms with Gasteiger partial charge in [0.1, 0.15) is 0 Å². The smallest absolute Gasteiger partial charge is 0.0964 e. The summed E-state index contributed by atoms with van der Waals surface area (Å²) in [5, 5.41) is 14.8. The molecule has 0 spiro atoms. The largest absolute Gasteiger partial charge is 0.385 e. The second kappa shape index (κ2) is 4.72. The number of hydrogen-bond donors (Lipinski definition) is 1. The topological polar surface area (TPSA) is 38.1 Å². The maximum atomic E-state index is 10.7. The summed E-state index contributed by atoms with van der Waals surface area (Å²) >= 11 is 0. The number of hydrogen-bond acceptors (Lipinski definition) is 2. The van der Waals surface area contributed by atoms with Crippen molar-refractivity contribution in [2.75, 3.05) is 0 Å². The standard InChI is InChI=1S/C14H18N2O/c1-3-14(17,13-10-15-16(2)11-13)9-12-7-5-4-6-8-12/h4-8,10-11,17H,3,9H2,1-2H3. The van der Waals surface area contributed by atoms with Gasteiger partial charge in [0.2, 0.25) is 0 Å². The maximum Gasteiger partial charge on any atom is 0.0964 e. The van der Waals surface area contributed by atoms with E-state index in [0.717, 1.165) is 11.1 Å². The highest BCUT2D eigenvalue weighted by molar-refractivity contribution is 5.23. The van der Waals surface area contributed by atoms with Gasteiger partial charge in [0.15, 0.2) is 0 Å². The highest BCUT2D eigenvalue weighted by Gasteiger charge is 2.28. The zero-order valence-electron chi connectivity index (χ0n) is 10.3. The molecule has 0 aliphatic carbocycles. The Morgan fingerprint density at radius 1 is 1.29 bits per heavy atom. The van der Waals surface area contributed by atoms with Crippen molar-refractivity contribution in [3.05, 3.63) is 53.9 Å². The summed E-state index contributed by atoms with van der Waals surface area (Å²) in [6.45, 7) is 2.00. The fourth-order valence-electron chi connectivity index (χ4n) is 2.03. The Hall–Kier alpha value is -1.61. The van der Waals surface area contributed by atoms with Gasteiger partial charge in [-0.3, -0.25) is 4.68 Å². The van der Waals surface area contributed by atoms with Gasteiger partial charge in [0, 0.05) is 25.2 Å². The lowest BCUT2D eigenvalue weighted by Gasteiger charge is -2.25. The van der Waals surface area contributed by atoms with Crippen LogP contribution in [0.1, 0.15) is 24.5 Å². The van der Waals surface area contributed by atoms with E-state index in [-0.39, 0.29) is 0 Å². The third kappa shape index (κ3) is 2.56. The van der Waals surface area contributed by atoms with Crippen molar-refractivity contribution in [2.45, 2.75) is 25.4 Å². The molecule has 0 saturated carbocycles. The van der Waals surface area contributed by atoms with E-state index in [9.17, 15) is 5.11 Å². The number of aryl methyl sites for hydroxylation is 1. The lowest BCUT2D eigenvalue weighted by atomic mass is 9.87. The fraction of sp³-hybridized carbons (Fsp3) is 0.357.